The summed E-state index contributed by atoms with van der Waals surface area (Å²) in [6.07, 6.45) is -3.28. The van der Waals surface area contributed by atoms with E-state index >= 15 is 0 Å². The van der Waals surface area contributed by atoms with E-state index < -0.39 is 25.3 Å². The number of ether oxygens (including phenoxy) is 1. The molecular weight excluding hydrogens is 215 g/mol. The van der Waals surface area contributed by atoms with Crippen LogP contribution in [0, 0.1) is 0 Å². The molecule has 0 saturated heterocycles. The van der Waals surface area contributed by atoms with E-state index in [1.54, 1.807) is 0 Å². The lowest BCUT2D eigenvalue weighted by atomic mass is 10.3. The first kappa shape index (κ1) is 14.2. The van der Waals surface area contributed by atoms with Crippen molar-refractivity contribution in [3.8, 4) is 0 Å². The average molecular weight is 229 g/mol. The first-order valence-electron chi connectivity index (χ1n) is 4.48. The first-order chi connectivity index (χ1) is 6.95. The number of carbonyl (C=O) groups excluding carboxylic acids is 1. The van der Waals surface area contributed by atoms with E-state index in [-0.39, 0.29) is 6.61 Å². The van der Waals surface area contributed by atoms with E-state index in [0.29, 0.717) is 19.4 Å². The van der Waals surface area contributed by atoms with Crippen molar-refractivity contribution < 1.29 is 27.8 Å². The smallest absolute Gasteiger partial charge is 0.396 e. The van der Waals surface area contributed by atoms with Crippen LogP contribution in [0.1, 0.15) is 12.8 Å². The predicted octanol–water partition coefficient (Wildman–Crippen LogP) is 0.454. The monoisotopic (exact) mass is 229 g/mol. The molecule has 0 radical (unpaired) electrons. The van der Waals surface area contributed by atoms with Gasteiger partial charge in [-0.2, -0.15) is 13.2 Å². The Bertz CT molecular complexity index is 184. The highest BCUT2D eigenvalue weighted by molar-refractivity contribution is 5.77. The van der Waals surface area contributed by atoms with Crippen molar-refractivity contribution in [2.45, 2.75) is 19.0 Å². The van der Waals surface area contributed by atoms with Gasteiger partial charge in [-0.1, -0.05) is 0 Å². The lowest BCUT2D eigenvalue weighted by Crippen LogP contribution is -2.30. The van der Waals surface area contributed by atoms with E-state index in [9.17, 15) is 18.0 Å². The van der Waals surface area contributed by atoms with Gasteiger partial charge in [-0.05, 0) is 12.8 Å². The minimum absolute atomic E-state index is 0.0282. The first-order valence-corrected chi connectivity index (χ1v) is 4.48. The van der Waals surface area contributed by atoms with Crippen LogP contribution in [0.25, 0.3) is 0 Å². The number of aliphatic hydroxyl groups is 1. The maximum Gasteiger partial charge on any atom is 0.411 e. The van der Waals surface area contributed by atoms with E-state index in [2.05, 4.69) is 10.1 Å². The highest BCUT2D eigenvalue weighted by Gasteiger charge is 2.27. The van der Waals surface area contributed by atoms with Gasteiger partial charge in [0.2, 0.25) is 5.91 Å². The molecule has 1 amide bonds. The molecule has 0 aliphatic rings. The second-order valence-electron chi connectivity index (χ2n) is 2.89. The molecule has 0 rings (SSSR count). The summed E-state index contributed by atoms with van der Waals surface area (Å²) < 4.78 is 38.9. The maximum atomic E-state index is 11.6. The fraction of sp³-hybridized carbons (Fsp3) is 0.875. The minimum atomic E-state index is -4.41. The summed E-state index contributed by atoms with van der Waals surface area (Å²) >= 11 is 0. The standard InChI is InChI=1S/C8H14F3NO3/c9-8(10,11)6-15-5-7(14)12-3-1-2-4-13/h13H,1-6H2,(H,12,14). The van der Waals surface area contributed by atoms with Crippen LogP contribution in [-0.4, -0.2) is 43.6 Å². The number of halogens is 3. The number of hydrogen-bond acceptors (Lipinski definition) is 3. The summed E-state index contributed by atoms with van der Waals surface area (Å²) in [5.41, 5.74) is 0. The van der Waals surface area contributed by atoms with Gasteiger partial charge in [0.25, 0.3) is 0 Å². The number of alkyl halides is 3. The number of nitrogens with one attached hydrogen (secondary N) is 1. The molecule has 0 aromatic heterocycles. The Labute approximate surface area is 85.4 Å². The zero-order valence-corrected chi connectivity index (χ0v) is 8.14. The van der Waals surface area contributed by atoms with Crippen molar-refractivity contribution in [2.75, 3.05) is 26.4 Å². The molecule has 0 spiro atoms. The Morgan fingerprint density at radius 3 is 2.53 bits per heavy atom. The van der Waals surface area contributed by atoms with Gasteiger partial charge in [-0.25, -0.2) is 0 Å². The molecule has 0 saturated carbocycles. The third-order valence-corrected chi connectivity index (χ3v) is 1.41. The molecule has 90 valence electrons. The molecule has 0 atom stereocenters. The Hall–Kier alpha value is -0.820. The normalized spacial score (nSPS) is 11.5. The molecule has 0 fully saturated rings. The van der Waals surface area contributed by atoms with Crippen LogP contribution in [0.4, 0.5) is 13.2 Å². The van der Waals surface area contributed by atoms with Gasteiger partial charge < -0.3 is 15.2 Å². The van der Waals surface area contributed by atoms with E-state index in [0.717, 1.165) is 0 Å². The molecule has 0 aromatic carbocycles. The SMILES string of the molecule is O=C(COCC(F)(F)F)NCCCCO. The van der Waals surface area contributed by atoms with Gasteiger partial charge >= 0.3 is 6.18 Å². The summed E-state index contributed by atoms with van der Waals surface area (Å²) in [6.45, 7) is -1.66. The second-order valence-corrected chi connectivity index (χ2v) is 2.89. The molecule has 0 aliphatic carbocycles. The summed E-state index contributed by atoms with van der Waals surface area (Å²) in [5.74, 6) is -0.586. The number of hydrogen-bond donors (Lipinski definition) is 2. The quantitative estimate of drug-likeness (QED) is 0.623. The molecule has 0 aliphatic heterocycles. The molecule has 0 bridgehead atoms. The largest absolute Gasteiger partial charge is 0.411 e. The number of carbonyl (C=O) groups is 1. The number of amides is 1. The van der Waals surface area contributed by atoms with Gasteiger partial charge in [0.15, 0.2) is 0 Å². The molecule has 15 heavy (non-hydrogen) atoms. The van der Waals surface area contributed by atoms with Crippen molar-refractivity contribution >= 4 is 5.91 Å². The Balaban J connectivity index is 3.34. The van der Waals surface area contributed by atoms with Crippen LogP contribution in [0.2, 0.25) is 0 Å². The van der Waals surface area contributed by atoms with Crippen molar-refractivity contribution in [3.05, 3.63) is 0 Å². The number of rotatable bonds is 7. The molecule has 0 unspecified atom stereocenters. The van der Waals surface area contributed by atoms with Crippen molar-refractivity contribution in [1.29, 1.82) is 0 Å². The fourth-order valence-corrected chi connectivity index (χ4v) is 0.775. The molecular formula is C8H14F3NO3. The van der Waals surface area contributed by atoms with Gasteiger partial charge in [-0.3, -0.25) is 4.79 Å². The Morgan fingerprint density at radius 2 is 2.00 bits per heavy atom. The van der Waals surface area contributed by atoms with Crippen molar-refractivity contribution in [2.24, 2.45) is 0 Å². The van der Waals surface area contributed by atoms with E-state index in [1.165, 1.54) is 0 Å². The summed E-state index contributed by atoms with van der Waals surface area (Å²) in [7, 11) is 0. The fourth-order valence-electron chi connectivity index (χ4n) is 0.775. The Morgan fingerprint density at radius 1 is 1.33 bits per heavy atom. The van der Waals surface area contributed by atoms with Gasteiger partial charge in [-0.15, -0.1) is 0 Å². The molecule has 4 nitrogen and oxygen atoms in total. The number of aliphatic hydroxyl groups excluding tert-OH is 1. The lowest BCUT2D eigenvalue weighted by Gasteiger charge is -2.07. The predicted molar refractivity (Wildman–Crippen MR) is 46.2 cm³/mol. The van der Waals surface area contributed by atoms with Crippen LogP contribution in [-0.2, 0) is 9.53 Å². The zero-order chi connectivity index (χ0) is 11.7. The Kier molecular flexibility index (Phi) is 7.06. The lowest BCUT2D eigenvalue weighted by molar-refractivity contribution is -0.175. The van der Waals surface area contributed by atoms with Gasteiger partial charge in [0.1, 0.15) is 13.2 Å². The van der Waals surface area contributed by atoms with Crippen LogP contribution in [0.5, 0.6) is 0 Å². The maximum absolute atomic E-state index is 11.6. The summed E-state index contributed by atoms with van der Waals surface area (Å²) in [5, 5.41) is 10.8. The molecule has 0 aromatic rings. The van der Waals surface area contributed by atoms with Crippen LogP contribution >= 0.6 is 0 Å². The summed E-state index contributed by atoms with van der Waals surface area (Å²) in [6, 6.07) is 0. The van der Waals surface area contributed by atoms with Gasteiger partial charge in [0, 0.05) is 13.2 Å². The third-order valence-electron chi connectivity index (χ3n) is 1.41. The zero-order valence-electron chi connectivity index (χ0n) is 8.14. The van der Waals surface area contributed by atoms with Crippen LogP contribution in [0.15, 0.2) is 0 Å². The summed E-state index contributed by atoms with van der Waals surface area (Å²) in [4.78, 5) is 10.8. The van der Waals surface area contributed by atoms with Crippen molar-refractivity contribution in [3.63, 3.8) is 0 Å². The molecule has 7 heteroatoms. The van der Waals surface area contributed by atoms with Gasteiger partial charge in [0.05, 0.1) is 0 Å². The van der Waals surface area contributed by atoms with Crippen LogP contribution in [0.3, 0.4) is 0 Å². The average Bonchev–Trinajstić information content (AvgIpc) is 2.10. The molecule has 2 N–H and O–H groups in total. The molecule has 0 heterocycles. The highest BCUT2D eigenvalue weighted by atomic mass is 19.4. The van der Waals surface area contributed by atoms with Crippen LogP contribution < -0.4 is 5.32 Å². The van der Waals surface area contributed by atoms with E-state index in [4.69, 9.17) is 5.11 Å². The van der Waals surface area contributed by atoms with E-state index in [1.807, 2.05) is 0 Å². The third kappa shape index (κ3) is 11.1. The van der Waals surface area contributed by atoms with Crippen molar-refractivity contribution in [1.82, 2.24) is 5.32 Å². The topological polar surface area (TPSA) is 58.6 Å². The number of unbranched alkanes of at least 4 members (excludes halogenated alkanes) is 1. The highest BCUT2D eigenvalue weighted by Crippen LogP contribution is 2.13. The second kappa shape index (κ2) is 7.47. The minimum Gasteiger partial charge on any atom is -0.396 e.